The number of aliphatic hydroxyl groups excluding tert-OH is 2. The van der Waals surface area contributed by atoms with E-state index in [2.05, 4.69) is 20.8 Å². The average molecular weight is 795 g/mol. The van der Waals surface area contributed by atoms with Crippen LogP contribution in [0.15, 0.2) is 93.9 Å². The van der Waals surface area contributed by atoms with Gasteiger partial charge in [0, 0.05) is 40.5 Å². The van der Waals surface area contributed by atoms with Gasteiger partial charge >= 0.3 is 47.4 Å². The van der Waals surface area contributed by atoms with Gasteiger partial charge in [-0.15, -0.1) is 0 Å². The van der Waals surface area contributed by atoms with E-state index >= 15 is 0 Å². The first-order valence-electron chi connectivity index (χ1n) is 18.2. The third-order valence-electron chi connectivity index (χ3n) is 10.6. The molecule has 4 heterocycles. The number of aliphatic hydroxyl groups is 2. The first kappa shape index (κ1) is 42.1. The largest absolute Gasteiger partial charge is 0.480 e. The molecule has 1 aliphatic carbocycles. The lowest BCUT2D eigenvalue weighted by Gasteiger charge is -2.46. The van der Waals surface area contributed by atoms with Gasteiger partial charge in [0.2, 0.25) is 0 Å². The Morgan fingerprint density at radius 2 is 0.930 bits per heavy atom. The number of hydrogen-bond acceptors (Lipinski definition) is 16. The molecule has 2 N–H and O–H groups in total. The second kappa shape index (κ2) is 15.1. The number of esters is 6. The first-order chi connectivity index (χ1) is 26.4. The predicted molar refractivity (Wildman–Crippen MR) is 195 cm³/mol. The van der Waals surface area contributed by atoms with Crippen LogP contribution >= 0.6 is 0 Å². The van der Waals surface area contributed by atoms with E-state index in [0.29, 0.717) is 29.9 Å². The maximum atomic E-state index is 13.1. The number of allylic oxidation sites excluding steroid dienone is 8. The molecule has 1 saturated carbocycles. The van der Waals surface area contributed by atoms with Gasteiger partial charge < -0.3 is 48.1 Å². The van der Waals surface area contributed by atoms with Crippen LogP contribution in [0, 0.1) is 11.3 Å². The second-order valence-corrected chi connectivity index (χ2v) is 15.6. The van der Waals surface area contributed by atoms with Gasteiger partial charge in [-0.05, 0) is 62.3 Å². The van der Waals surface area contributed by atoms with Crippen molar-refractivity contribution in [1.82, 2.24) is 0 Å². The molecule has 4 aliphatic heterocycles. The van der Waals surface area contributed by atoms with Gasteiger partial charge in [-0.2, -0.15) is 0 Å². The molecule has 57 heavy (non-hydrogen) atoms. The van der Waals surface area contributed by atoms with Crippen LogP contribution in [-0.4, -0.2) is 69.2 Å². The second-order valence-electron chi connectivity index (χ2n) is 15.6. The molecule has 0 aromatic heterocycles. The van der Waals surface area contributed by atoms with E-state index in [0.717, 1.165) is 38.8 Å². The summed E-state index contributed by atoms with van der Waals surface area (Å²) < 4.78 is 43.1. The molecule has 3 fully saturated rings. The van der Waals surface area contributed by atoms with E-state index in [1.54, 1.807) is 13.8 Å². The molecular formula is C41H46O16. The standard InChI is InChI=1S/C41H46O16/c1-22(2)38(7)18-20-41(21-19-38)56-35(48)28(36(49)57-41)17-13-24(4)12-16-27-33(46)54-40(9,55-34(27)47)39(8)52-31(44)26(32(45)53-39)15-11-23(3)10-14-25-29(42)50-37(5,6)51-30(25)43/h10-17,22,42,46H,18-21H2,1-9H3/b14-10+,16-12+,23-11+,24-13+,26-15?,28-17?. The molecule has 16 nitrogen and oxygen atoms in total. The molecule has 0 radical (unpaired) electrons. The molecule has 1 atom stereocenters. The van der Waals surface area contributed by atoms with E-state index in [-0.39, 0.29) is 16.6 Å². The lowest BCUT2D eigenvalue weighted by Crippen LogP contribution is -2.63. The van der Waals surface area contributed by atoms with Crippen molar-refractivity contribution in [2.45, 2.75) is 111 Å². The van der Waals surface area contributed by atoms with Gasteiger partial charge in [0.15, 0.2) is 0 Å². The fourth-order valence-corrected chi connectivity index (χ4v) is 6.25. The van der Waals surface area contributed by atoms with Gasteiger partial charge in [0.1, 0.15) is 22.3 Å². The summed E-state index contributed by atoms with van der Waals surface area (Å²) >= 11 is 0. The summed E-state index contributed by atoms with van der Waals surface area (Å²) in [6, 6.07) is 0. The average Bonchev–Trinajstić information content (AvgIpc) is 3.07. The molecule has 0 aromatic carbocycles. The minimum Gasteiger partial charge on any atom is -0.480 e. The normalized spacial score (nSPS) is 31.1. The molecule has 306 valence electrons. The Kier molecular flexibility index (Phi) is 11.2. The summed E-state index contributed by atoms with van der Waals surface area (Å²) in [5, 5.41) is 20.8. The smallest absolute Gasteiger partial charge is 0.349 e. The van der Waals surface area contributed by atoms with Crippen molar-refractivity contribution < 1.29 is 76.9 Å². The highest BCUT2D eigenvalue weighted by molar-refractivity contribution is 6.16. The molecular weight excluding hydrogens is 748 g/mol. The summed E-state index contributed by atoms with van der Waals surface area (Å²) in [7, 11) is 0. The number of carbonyl (C=O) groups excluding carboxylic acids is 6. The van der Waals surface area contributed by atoms with Crippen LogP contribution in [0.2, 0.25) is 0 Å². The molecule has 0 amide bonds. The zero-order valence-corrected chi connectivity index (χ0v) is 33.1. The van der Waals surface area contributed by atoms with Gasteiger partial charge in [0.05, 0.1) is 0 Å². The predicted octanol–water partition coefficient (Wildman–Crippen LogP) is 5.83. The highest BCUT2D eigenvalue weighted by Crippen LogP contribution is 2.48. The summed E-state index contributed by atoms with van der Waals surface area (Å²) in [6.07, 6.45) is 12.5. The summed E-state index contributed by atoms with van der Waals surface area (Å²) in [5.74, 6) is -14.4. The van der Waals surface area contributed by atoms with E-state index in [1.165, 1.54) is 50.3 Å². The Balaban J connectivity index is 1.23. The van der Waals surface area contributed by atoms with Crippen molar-refractivity contribution in [2.75, 3.05) is 0 Å². The van der Waals surface area contributed by atoms with Crippen LogP contribution in [0.5, 0.6) is 0 Å². The molecule has 0 aromatic rings. The topological polar surface area (TPSA) is 217 Å². The van der Waals surface area contributed by atoms with Crippen LogP contribution in [0.3, 0.4) is 0 Å². The fraction of sp³-hybridized carbons (Fsp3) is 0.463. The van der Waals surface area contributed by atoms with E-state index in [4.69, 9.17) is 37.9 Å². The van der Waals surface area contributed by atoms with Gasteiger partial charge in [-0.1, -0.05) is 56.2 Å². The quantitative estimate of drug-likeness (QED) is 0.0971. The van der Waals surface area contributed by atoms with Crippen LogP contribution in [0.1, 0.15) is 88.0 Å². The van der Waals surface area contributed by atoms with Crippen molar-refractivity contribution in [3.63, 3.8) is 0 Å². The number of hydrogen-bond donors (Lipinski definition) is 2. The zero-order chi connectivity index (χ0) is 42.3. The van der Waals surface area contributed by atoms with E-state index in [9.17, 15) is 39.0 Å². The van der Waals surface area contributed by atoms with Gasteiger partial charge in [-0.25, -0.2) is 28.8 Å². The third-order valence-corrected chi connectivity index (χ3v) is 10.6. The lowest BCUT2D eigenvalue weighted by atomic mass is 9.67. The Hall–Kier alpha value is -6.06. The van der Waals surface area contributed by atoms with Crippen molar-refractivity contribution in [3.8, 4) is 0 Å². The Morgan fingerprint density at radius 1 is 0.544 bits per heavy atom. The molecule has 1 unspecified atom stereocenters. The number of rotatable bonds is 8. The van der Waals surface area contributed by atoms with E-state index < -0.39 is 82.0 Å². The molecule has 0 bridgehead atoms. The SMILES string of the molecule is CC(/C=C/C1=C(O)OC(C)(C)OC1=O)=C\C=C1C(=O)OC(C)(C2(C)OC(=O)C(/C=C/C(C)=C/C=C3C(=O)OC4(CCC(C)(C(C)C)CC4)OC3=O)=C(O)O2)OC1=O. The summed E-state index contributed by atoms with van der Waals surface area (Å²) in [4.78, 5) is 77.0. The highest BCUT2D eigenvalue weighted by atomic mass is 16.8. The van der Waals surface area contributed by atoms with Crippen molar-refractivity contribution in [1.29, 1.82) is 0 Å². The van der Waals surface area contributed by atoms with Crippen molar-refractivity contribution in [3.05, 3.63) is 93.9 Å². The molecule has 2 saturated heterocycles. The maximum Gasteiger partial charge on any atom is 0.349 e. The van der Waals surface area contributed by atoms with Crippen molar-refractivity contribution >= 4 is 35.8 Å². The molecule has 16 heteroatoms. The number of carbonyl (C=O) groups is 6. The monoisotopic (exact) mass is 794 g/mol. The van der Waals surface area contributed by atoms with Gasteiger partial charge in [-0.3, -0.25) is 0 Å². The van der Waals surface area contributed by atoms with Gasteiger partial charge in [0.25, 0.3) is 23.5 Å². The van der Waals surface area contributed by atoms with Crippen LogP contribution in [-0.2, 0) is 66.7 Å². The third kappa shape index (κ3) is 8.69. The summed E-state index contributed by atoms with van der Waals surface area (Å²) in [6.45, 7) is 14.7. The van der Waals surface area contributed by atoms with Crippen LogP contribution < -0.4 is 0 Å². The highest BCUT2D eigenvalue weighted by Gasteiger charge is 2.63. The minimum atomic E-state index is -2.37. The number of ether oxygens (including phenoxy) is 8. The van der Waals surface area contributed by atoms with Crippen LogP contribution in [0.25, 0.3) is 0 Å². The number of cyclic esters (lactones) is 4. The van der Waals surface area contributed by atoms with Crippen LogP contribution in [0.4, 0.5) is 0 Å². The first-order valence-corrected chi connectivity index (χ1v) is 18.2. The lowest BCUT2D eigenvalue weighted by molar-refractivity contribution is -0.365. The Labute approximate surface area is 328 Å². The molecule has 1 spiro atoms. The Morgan fingerprint density at radius 3 is 1.35 bits per heavy atom. The fourth-order valence-electron chi connectivity index (χ4n) is 6.25. The molecule has 5 aliphatic rings. The Bertz CT molecular complexity index is 2000. The van der Waals surface area contributed by atoms with E-state index in [1.807, 2.05) is 0 Å². The van der Waals surface area contributed by atoms with Crippen molar-refractivity contribution in [2.24, 2.45) is 11.3 Å². The molecule has 5 rings (SSSR count). The zero-order valence-electron chi connectivity index (χ0n) is 33.1. The summed E-state index contributed by atoms with van der Waals surface area (Å²) in [5.41, 5.74) is -0.691. The maximum absolute atomic E-state index is 13.1. The minimum absolute atomic E-state index is 0.0507.